The molecular formula is C14H28N2O2. The minimum absolute atomic E-state index is 0.106. The highest BCUT2D eigenvalue weighted by Gasteiger charge is 2.26. The van der Waals surface area contributed by atoms with Gasteiger partial charge in [0, 0.05) is 26.2 Å². The van der Waals surface area contributed by atoms with Crippen LogP contribution >= 0.6 is 0 Å². The maximum absolute atomic E-state index is 12.1. The molecule has 4 nitrogen and oxygen atoms in total. The van der Waals surface area contributed by atoms with Crippen molar-refractivity contribution in [3.05, 3.63) is 0 Å². The Labute approximate surface area is 111 Å². The van der Waals surface area contributed by atoms with Crippen LogP contribution in [0.2, 0.25) is 0 Å². The van der Waals surface area contributed by atoms with Gasteiger partial charge in [-0.05, 0) is 47.0 Å². The molecule has 0 saturated carbocycles. The number of rotatable bonds is 6. The Morgan fingerprint density at radius 1 is 1.33 bits per heavy atom. The molecule has 0 bridgehead atoms. The van der Waals surface area contributed by atoms with Crippen LogP contribution in [0.1, 0.15) is 47.0 Å². The summed E-state index contributed by atoms with van der Waals surface area (Å²) in [5.41, 5.74) is -0.150. The van der Waals surface area contributed by atoms with Gasteiger partial charge in [0.25, 0.3) is 0 Å². The number of carbonyl (C=O) groups is 1. The van der Waals surface area contributed by atoms with Crippen molar-refractivity contribution in [2.75, 3.05) is 20.2 Å². The van der Waals surface area contributed by atoms with Crippen LogP contribution in [-0.2, 0) is 9.53 Å². The van der Waals surface area contributed by atoms with Gasteiger partial charge in [-0.1, -0.05) is 0 Å². The van der Waals surface area contributed by atoms with E-state index >= 15 is 0 Å². The lowest BCUT2D eigenvalue weighted by Crippen LogP contribution is -2.48. The first-order chi connectivity index (χ1) is 8.35. The van der Waals surface area contributed by atoms with E-state index in [4.69, 9.17) is 4.74 Å². The van der Waals surface area contributed by atoms with Crippen LogP contribution < -0.4 is 5.32 Å². The average Bonchev–Trinajstić information content (AvgIpc) is 2.80. The molecule has 4 heteroatoms. The summed E-state index contributed by atoms with van der Waals surface area (Å²) in [6.07, 6.45) is 3.18. The largest absolute Gasteiger partial charge is 0.379 e. The summed E-state index contributed by atoms with van der Waals surface area (Å²) in [6, 6.07) is 0.159. The summed E-state index contributed by atoms with van der Waals surface area (Å²) in [5.74, 6) is 0.231. The van der Waals surface area contributed by atoms with Crippen molar-refractivity contribution < 1.29 is 9.53 Å². The highest BCUT2D eigenvalue weighted by Crippen LogP contribution is 2.16. The van der Waals surface area contributed by atoms with Crippen molar-refractivity contribution in [3.8, 4) is 0 Å². The van der Waals surface area contributed by atoms with Crippen molar-refractivity contribution in [1.29, 1.82) is 0 Å². The molecule has 1 aliphatic heterocycles. The summed E-state index contributed by atoms with van der Waals surface area (Å²) in [7, 11) is 1.73. The maximum Gasteiger partial charge on any atom is 0.239 e. The van der Waals surface area contributed by atoms with Gasteiger partial charge in [-0.15, -0.1) is 0 Å². The van der Waals surface area contributed by atoms with Gasteiger partial charge in [0.05, 0.1) is 11.6 Å². The van der Waals surface area contributed by atoms with Crippen LogP contribution in [0.3, 0.4) is 0 Å². The van der Waals surface area contributed by atoms with Crippen molar-refractivity contribution in [1.82, 2.24) is 10.2 Å². The number of carbonyl (C=O) groups excluding carboxylic acids is 1. The molecule has 1 amide bonds. The number of ether oxygens (including phenoxy) is 1. The molecular weight excluding hydrogens is 228 g/mol. The van der Waals surface area contributed by atoms with Gasteiger partial charge in [-0.25, -0.2) is 0 Å². The molecule has 1 rings (SSSR count). The first kappa shape index (κ1) is 15.4. The summed E-state index contributed by atoms with van der Waals surface area (Å²) >= 11 is 0. The normalized spacial score (nSPS) is 19.9. The molecule has 1 aliphatic rings. The van der Waals surface area contributed by atoms with Crippen LogP contribution in [0.15, 0.2) is 0 Å². The zero-order chi connectivity index (χ0) is 13.8. The Balaban J connectivity index is 2.38. The fraction of sp³-hybridized carbons (Fsp3) is 0.929. The number of nitrogens with one attached hydrogen (secondary N) is 1. The third kappa shape index (κ3) is 4.58. The van der Waals surface area contributed by atoms with E-state index in [1.807, 2.05) is 11.8 Å². The van der Waals surface area contributed by atoms with Gasteiger partial charge in [0.15, 0.2) is 0 Å². The van der Waals surface area contributed by atoms with Gasteiger partial charge < -0.3 is 15.0 Å². The van der Waals surface area contributed by atoms with Crippen LogP contribution in [-0.4, -0.2) is 48.7 Å². The first-order valence-electron chi connectivity index (χ1n) is 6.96. The second kappa shape index (κ2) is 6.53. The van der Waals surface area contributed by atoms with Crippen molar-refractivity contribution in [3.63, 3.8) is 0 Å². The molecule has 1 fully saturated rings. The van der Waals surface area contributed by atoms with E-state index < -0.39 is 0 Å². The lowest BCUT2D eigenvalue weighted by atomic mass is 9.99. The molecule has 0 aliphatic carbocycles. The van der Waals surface area contributed by atoms with Crippen LogP contribution in [0.5, 0.6) is 0 Å². The summed E-state index contributed by atoms with van der Waals surface area (Å²) in [5, 5.41) is 3.38. The fourth-order valence-corrected chi connectivity index (χ4v) is 2.59. The smallest absolute Gasteiger partial charge is 0.239 e. The summed E-state index contributed by atoms with van der Waals surface area (Å²) in [6.45, 7) is 10.0. The highest BCUT2D eigenvalue weighted by atomic mass is 16.5. The van der Waals surface area contributed by atoms with E-state index in [0.717, 1.165) is 32.4 Å². The molecule has 1 heterocycles. The van der Waals surface area contributed by atoms with E-state index in [1.165, 1.54) is 0 Å². The first-order valence-corrected chi connectivity index (χ1v) is 6.96. The van der Waals surface area contributed by atoms with Gasteiger partial charge in [-0.2, -0.15) is 0 Å². The van der Waals surface area contributed by atoms with E-state index in [2.05, 4.69) is 26.1 Å². The predicted octanol–water partition coefficient (Wildman–Crippen LogP) is 1.79. The van der Waals surface area contributed by atoms with Gasteiger partial charge >= 0.3 is 0 Å². The van der Waals surface area contributed by atoms with Crippen LogP contribution in [0, 0.1) is 0 Å². The Morgan fingerprint density at radius 3 is 2.39 bits per heavy atom. The molecule has 2 unspecified atom stereocenters. The Hall–Kier alpha value is -0.610. The summed E-state index contributed by atoms with van der Waals surface area (Å²) in [4.78, 5) is 14.1. The molecule has 2 atom stereocenters. The molecule has 1 saturated heterocycles. The zero-order valence-electron chi connectivity index (χ0n) is 12.5. The van der Waals surface area contributed by atoms with E-state index in [9.17, 15) is 4.79 Å². The topological polar surface area (TPSA) is 41.6 Å². The van der Waals surface area contributed by atoms with Crippen LogP contribution in [0.25, 0.3) is 0 Å². The SMILES string of the molecule is COC(C)(C)CC(C)NC(C)C(=O)N1CCCC1. The van der Waals surface area contributed by atoms with E-state index in [0.29, 0.717) is 0 Å². The second-order valence-corrected chi connectivity index (χ2v) is 5.99. The van der Waals surface area contributed by atoms with Gasteiger partial charge in [-0.3, -0.25) is 4.79 Å². The third-order valence-electron chi connectivity index (χ3n) is 3.67. The number of amides is 1. The molecule has 0 aromatic rings. The van der Waals surface area contributed by atoms with Crippen molar-refractivity contribution in [2.45, 2.75) is 64.6 Å². The van der Waals surface area contributed by atoms with Gasteiger partial charge in [0.2, 0.25) is 5.91 Å². The van der Waals surface area contributed by atoms with Crippen molar-refractivity contribution in [2.24, 2.45) is 0 Å². The van der Waals surface area contributed by atoms with E-state index in [1.54, 1.807) is 7.11 Å². The summed E-state index contributed by atoms with van der Waals surface area (Å²) < 4.78 is 5.41. The highest BCUT2D eigenvalue weighted by molar-refractivity contribution is 5.81. The van der Waals surface area contributed by atoms with Crippen LogP contribution in [0.4, 0.5) is 0 Å². The number of hydrogen-bond donors (Lipinski definition) is 1. The Bertz CT molecular complexity index is 273. The quantitative estimate of drug-likeness (QED) is 0.788. The molecule has 106 valence electrons. The standard InChI is InChI=1S/C14H28N2O2/c1-11(10-14(3,4)18-5)15-12(2)13(17)16-8-6-7-9-16/h11-12,15H,6-10H2,1-5H3. The number of hydrogen-bond acceptors (Lipinski definition) is 3. The monoisotopic (exact) mass is 256 g/mol. The maximum atomic E-state index is 12.1. The Morgan fingerprint density at radius 2 is 1.89 bits per heavy atom. The predicted molar refractivity (Wildman–Crippen MR) is 73.6 cm³/mol. The van der Waals surface area contributed by atoms with E-state index in [-0.39, 0.29) is 23.6 Å². The molecule has 0 aromatic carbocycles. The second-order valence-electron chi connectivity index (χ2n) is 5.99. The molecule has 0 aromatic heterocycles. The van der Waals surface area contributed by atoms with Gasteiger partial charge in [0.1, 0.15) is 0 Å². The molecule has 18 heavy (non-hydrogen) atoms. The minimum Gasteiger partial charge on any atom is -0.379 e. The Kier molecular flexibility index (Phi) is 5.60. The number of nitrogens with zero attached hydrogens (tertiary/aromatic N) is 1. The number of likely N-dealkylation sites (tertiary alicyclic amines) is 1. The van der Waals surface area contributed by atoms with Crippen molar-refractivity contribution >= 4 is 5.91 Å². The third-order valence-corrected chi connectivity index (χ3v) is 3.67. The molecule has 1 N–H and O–H groups in total. The fourth-order valence-electron chi connectivity index (χ4n) is 2.59. The number of methoxy groups -OCH3 is 1. The lowest BCUT2D eigenvalue weighted by molar-refractivity contribution is -0.132. The zero-order valence-corrected chi connectivity index (χ0v) is 12.5. The molecule has 0 radical (unpaired) electrons. The minimum atomic E-state index is -0.150. The molecule has 0 spiro atoms. The lowest BCUT2D eigenvalue weighted by Gasteiger charge is -2.29. The average molecular weight is 256 g/mol.